The second-order valence-electron chi connectivity index (χ2n) is 6.54. The molecule has 1 saturated heterocycles. The van der Waals surface area contributed by atoms with Crippen LogP contribution in [0.25, 0.3) is 11.1 Å². The number of rotatable bonds is 4. The Morgan fingerprint density at radius 3 is 2.56 bits per heavy atom. The maximum absolute atomic E-state index is 12.2. The maximum atomic E-state index is 12.2. The van der Waals surface area contributed by atoms with Crippen molar-refractivity contribution >= 4 is 12.2 Å². The minimum absolute atomic E-state index is 0.0666. The molecule has 5 nitrogen and oxygen atoms in total. The van der Waals surface area contributed by atoms with Gasteiger partial charge in [0.1, 0.15) is 12.5 Å². The fraction of sp³-hybridized carbons (Fsp3) is 0.300. The molecule has 0 aliphatic carbocycles. The number of benzene rings is 2. The fourth-order valence-corrected chi connectivity index (χ4v) is 3.20. The predicted molar refractivity (Wildman–Crippen MR) is 96.1 cm³/mol. The lowest BCUT2D eigenvalue weighted by atomic mass is 9.97. The standard InChI is InChI=1S/C20H22N2O3/c1-13-20(25)22(2)18(19(24)21-13)11-14-6-8-16(9-7-14)17-5-3-4-15(10-17)12-23/h3-10,12-13,18,20,25H,11H2,1-2H3,(H,21,24)/t13-,18-,20?/m0/s1. The van der Waals surface area contributed by atoms with E-state index in [1.807, 2.05) is 42.5 Å². The number of likely N-dealkylation sites (N-methyl/N-ethyl adjacent to an activating group) is 1. The molecular formula is C20H22N2O3. The van der Waals surface area contributed by atoms with Gasteiger partial charge in [0.05, 0.1) is 12.1 Å². The van der Waals surface area contributed by atoms with E-state index in [1.165, 1.54) is 0 Å². The second kappa shape index (κ2) is 7.17. The minimum Gasteiger partial charge on any atom is -0.376 e. The summed E-state index contributed by atoms with van der Waals surface area (Å²) in [5, 5.41) is 13.0. The van der Waals surface area contributed by atoms with E-state index in [0.29, 0.717) is 12.0 Å². The van der Waals surface area contributed by atoms with Crippen molar-refractivity contribution in [2.45, 2.75) is 31.7 Å². The van der Waals surface area contributed by atoms with Gasteiger partial charge < -0.3 is 10.4 Å². The Balaban J connectivity index is 1.76. The average Bonchev–Trinajstić information content (AvgIpc) is 2.64. The average molecular weight is 338 g/mol. The van der Waals surface area contributed by atoms with Gasteiger partial charge in [-0.05, 0) is 43.1 Å². The van der Waals surface area contributed by atoms with Crippen LogP contribution in [0.15, 0.2) is 48.5 Å². The van der Waals surface area contributed by atoms with Crippen LogP contribution in [-0.4, -0.2) is 47.6 Å². The largest absolute Gasteiger partial charge is 0.376 e. The first-order chi connectivity index (χ1) is 12.0. The Labute approximate surface area is 147 Å². The van der Waals surface area contributed by atoms with Crippen molar-refractivity contribution in [3.8, 4) is 11.1 Å². The summed E-state index contributed by atoms with van der Waals surface area (Å²) >= 11 is 0. The highest BCUT2D eigenvalue weighted by atomic mass is 16.3. The number of carbonyl (C=O) groups excluding carboxylic acids is 2. The van der Waals surface area contributed by atoms with Crippen LogP contribution in [0.3, 0.4) is 0 Å². The number of hydrogen-bond donors (Lipinski definition) is 2. The number of nitrogens with one attached hydrogen (secondary N) is 1. The van der Waals surface area contributed by atoms with Gasteiger partial charge in [-0.3, -0.25) is 14.5 Å². The molecular weight excluding hydrogens is 316 g/mol. The number of aliphatic hydroxyl groups is 1. The minimum atomic E-state index is -0.687. The summed E-state index contributed by atoms with van der Waals surface area (Å²) in [7, 11) is 1.77. The zero-order valence-electron chi connectivity index (χ0n) is 14.3. The van der Waals surface area contributed by atoms with Crippen molar-refractivity contribution in [3.63, 3.8) is 0 Å². The van der Waals surface area contributed by atoms with E-state index in [2.05, 4.69) is 5.32 Å². The monoisotopic (exact) mass is 338 g/mol. The summed E-state index contributed by atoms with van der Waals surface area (Å²) in [5.41, 5.74) is 3.66. The molecule has 0 saturated carbocycles. The molecule has 2 aromatic carbocycles. The topological polar surface area (TPSA) is 69.6 Å². The van der Waals surface area contributed by atoms with Gasteiger partial charge in [0, 0.05) is 5.56 Å². The molecule has 130 valence electrons. The van der Waals surface area contributed by atoms with Crippen molar-refractivity contribution < 1.29 is 14.7 Å². The zero-order valence-corrected chi connectivity index (χ0v) is 14.3. The Hall–Kier alpha value is -2.50. The molecule has 3 atom stereocenters. The molecule has 1 aliphatic rings. The molecule has 0 spiro atoms. The predicted octanol–water partition coefficient (Wildman–Crippen LogP) is 1.85. The molecule has 1 fully saturated rings. The number of aliphatic hydroxyl groups excluding tert-OH is 1. The van der Waals surface area contributed by atoms with Gasteiger partial charge >= 0.3 is 0 Å². The smallest absolute Gasteiger partial charge is 0.238 e. The number of amides is 1. The first kappa shape index (κ1) is 17.3. The Morgan fingerprint density at radius 2 is 1.88 bits per heavy atom. The normalized spacial score (nSPS) is 24.0. The Morgan fingerprint density at radius 1 is 1.16 bits per heavy atom. The molecule has 1 unspecified atom stereocenters. The van der Waals surface area contributed by atoms with Crippen molar-refractivity contribution in [2.75, 3.05) is 7.05 Å². The molecule has 5 heteroatoms. The summed E-state index contributed by atoms with van der Waals surface area (Å²) in [4.78, 5) is 24.9. The summed E-state index contributed by atoms with van der Waals surface area (Å²) in [6, 6.07) is 14.7. The van der Waals surface area contributed by atoms with Gasteiger partial charge in [-0.2, -0.15) is 0 Å². The van der Waals surface area contributed by atoms with Crippen LogP contribution in [-0.2, 0) is 11.2 Å². The second-order valence-corrected chi connectivity index (χ2v) is 6.54. The van der Waals surface area contributed by atoms with Crippen molar-refractivity contribution in [1.82, 2.24) is 10.2 Å². The first-order valence-corrected chi connectivity index (χ1v) is 8.34. The number of nitrogens with zero attached hydrogens (tertiary/aromatic N) is 1. The van der Waals surface area contributed by atoms with E-state index in [1.54, 1.807) is 24.9 Å². The van der Waals surface area contributed by atoms with Crippen LogP contribution in [0, 0.1) is 0 Å². The molecule has 3 rings (SSSR count). The van der Waals surface area contributed by atoms with Gasteiger partial charge in [0.25, 0.3) is 0 Å². The van der Waals surface area contributed by atoms with Crippen LogP contribution >= 0.6 is 0 Å². The molecule has 25 heavy (non-hydrogen) atoms. The van der Waals surface area contributed by atoms with E-state index in [9.17, 15) is 14.7 Å². The SMILES string of the molecule is C[C@@H]1NC(=O)[C@H](Cc2ccc(-c3cccc(C=O)c3)cc2)N(C)C1O. The molecule has 1 aliphatic heterocycles. The van der Waals surface area contributed by atoms with E-state index >= 15 is 0 Å². The Kier molecular flexibility index (Phi) is 4.97. The van der Waals surface area contributed by atoms with Gasteiger partial charge in [-0.15, -0.1) is 0 Å². The van der Waals surface area contributed by atoms with Crippen molar-refractivity contribution in [3.05, 3.63) is 59.7 Å². The van der Waals surface area contributed by atoms with Crippen LogP contribution in [0.1, 0.15) is 22.8 Å². The van der Waals surface area contributed by atoms with Crippen LogP contribution < -0.4 is 5.32 Å². The van der Waals surface area contributed by atoms with Crippen LogP contribution in [0.5, 0.6) is 0 Å². The molecule has 0 aromatic heterocycles. The molecule has 0 bridgehead atoms. The lowest BCUT2D eigenvalue weighted by Crippen LogP contribution is -2.63. The van der Waals surface area contributed by atoms with E-state index < -0.39 is 12.3 Å². The summed E-state index contributed by atoms with van der Waals surface area (Å²) < 4.78 is 0. The third kappa shape index (κ3) is 3.62. The molecule has 0 radical (unpaired) electrons. The summed E-state index contributed by atoms with van der Waals surface area (Å²) in [6.07, 6.45) is 0.677. The van der Waals surface area contributed by atoms with E-state index in [4.69, 9.17) is 0 Å². The lowest BCUT2D eigenvalue weighted by molar-refractivity contribution is -0.141. The molecule has 2 aromatic rings. The third-order valence-corrected chi connectivity index (χ3v) is 4.77. The van der Waals surface area contributed by atoms with Gasteiger partial charge in [-0.1, -0.05) is 42.5 Å². The number of hydrogen-bond acceptors (Lipinski definition) is 4. The lowest BCUT2D eigenvalue weighted by Gasteiger charge is -2.40. The van der Waals surface area contributed by atoms with Crippen molar-refractivity contribution in [2.24, 2.45) is 0 Å². The van der Waals surface area contributed by atoms with E-state index in [-0.39, 0.29) is 11.9 Å². The molecule has 1 amide bonds. The zero-order chi connectivity index (χ0) is 18.0. The van der Waals surface area contributed by atoms with Gasteiger partial charge in [0.15, 0.2) is 0 Å². The highest BCUT2D eigenvalue weighted by molar-refractivity contribution is 5.83. The number of aldehydes is 1. The molecule has 2 N–H and O–H groups in total. The first-order valence-electron chi connectivity index (χ1n) is 8.34. The third-order valence-electron chi connectivity index (χ3n) is 4.77. The van der Waals surface area contributed by atoms with Gasteiger partial charge in [0.2, 0.25) is 5.91 Å². The van der Waals surface area contributed by atoms with Crippen molar-refractivity contribution in [1.29, 1.82) is 0 Å². The number of carbonyl (C=O) groups is 2. The summed E-state index contributed by atoms with van der Waals surface area (Å²) in [6.45, 7) is 1.79. The maximum Gasteiger partial charge on any atom is 0.238 e. The van der Waals surface area contributed by atoms with E-state index in [0.717, 1.165) is 23.0 Å². The quantitative estimate of drug-likeness (QED) is 0.835. The Bertz CT molecular complexity index is 773. The van der Waals surface area contributed by atoms with Gasteiger partial charge in [-0.25, -0.2) is 0 Å². The highest BCUT2D eigenvalue weighted by Crippen LogP contribution is 2.22. The van der Waals surface area contributed by atoms with Crippen LogP contribution in [0.4, 0.5) is 0 Å². The number of piperazine rings is 1. The summed E-state index contributed by atoms with van der Waals surface area (Å²) in [5.74, 6) is -0.0666. The highest BCUT2D eigenvalue weighted by Gasteiger charge is 2.36. The molecule has 1 heterocycles. The van der Waals surface area contributed by atoms with Crippen LogP contribution in [0.2, 0.25) is 0 Å². The fourth-order valence-electron chi connectivity index (χ4n) is 3.20.